The van der Waals surface area contributed by atoms with E-state index in [2.05, 4.69) is 28.2 Å². The quantitative estimate of drug-likeness (QED) is 0.687. The summed E-state index contributed by atoms with van der Waals surface area (Å²) in [6.45, 7) is 2.76. The number of hydrogen-bond acceptors (Lipinski definition) is 3. The van der Waals surface area contributed by atoms with Crippen LogP contribution in [0.1, 0.15) is 6.92 Å². The Morgan fingerprint density at radius 2 is 2.38 bits per heavy atom. The van der Waals surface area contributed by atoms with E-state index in [1.807, 2.05) is 12.1 Å². The number of nitrogen functional groups attached to an aromatic ring is 1. The minimum absolute atomic E-state index is 0.334. The molecule has 1 atom stereocenters. The Bertz CT molecular complexity index is 341. The van der Waals surface area contributed by atoms with Crippen molar-refractivity contribution in [2.75, 3.05) is 17.7 Å². The van der Waals surface area contributed by atoms with Crippen molar-refractivity contribution in [1.29, 1.82) is 0 Å². The largest absolute Gasteiger partial charge is 0.488 e. The Morgan fingerprint density at radius 1 is 1.62 bits per heavy atom. The van der Waals surface area contributed by atoms with Crippen LogP contribution in [-0.4, -0.2) is 12.6 Å². The highest BCUT2D eigenvalue weighted by Crippen LogP contribution is 2.38. The van der Waals surface area contributed by atoms with Gasteiger partial charge in [-0.2, -0.15) is 0 Å². The average Bonchev–Trinajstić information content (AvgIpc) is 2.02. The molecule has 3 N–H and O–H groups in total. The molecule has 0 fully saturated rings. The lowest BCUT2D eigenvalue weighted by Gasteiger charge is -2.25. The number of nitrogens with one attached hydrogen (secondary N) is 1. The highest BCUT2D eigenvalue weighted by Gasteiger charge is 2.17. The highest BCUT2D eigenvalue weighted by molar-refractivity contribution is 9.10. The third-order valence-corrected chi connectivity index (χ3v) is 2.53. The molecule has 0 radical (unpaired) electrons. The summed E-state index contributed by atoms with van der Waals surface area (Å²) in [5.74, 6) is 0.854. The fourth-order valence-corrected chi connectivity index (χ4v) is 1.98. The number of rotatable bonds is 0. The van der Waals surface area contributed by atoms with E-state index < -0.39 is 0 Å². The summed E-state index contributed by atoms with van der Waals surface area (Å²) >= 11 is 3.41. The van der Waals surface area contributed by atoms with Crippen LogP contribution in [0.4, 0.5) is 11.4 Å². The third-order valence-electron chi connectivity index (χ3n) is 1.95. The van der Waals surface area contributed by atoms with Gasteiger partial charge in [-0.15, -0.1) is 0 Å². The second-order valence-corrected chi connectivity index (χ2v) is 4.09. The Morgan fingerprint density at radius 3 is 3.15 bits per heavy atom. The van der Waals surface area contributed by atoms with E-state index in [1.165, 1.54) is 0 Å². The Kier molecular flexibility index (Phi) is 2.07. The maximum Gasteiger partial charge on any atom is 0.156 e. The van der Waals surface area contributed by atoms with Crippen molar-refractivity contribution in [3.05, 3.63) is 16.6 Å². The zero-order chi connectivity index (χ0) is 9.42. The first-order valence-electron chi connectivity index (χ1n) is 4.15. The molecule has 1 aromatic rings. The first-order valence-corrected chi connectivity index (χ1v) is 4.94. The number of benzene rings is 1. The average molecular weight is 243 g/mol. The van der Waals surface area contributed by atoms with Crippen molar-refractivity contribution in [2.24, 2.45) is 0 Å². The smallest absolute Gasteiger partial charge is 0.156 e. The summed E-state index contributed by atoms with van der Waals surface area (Å²) in [6.07, 6.45) is 0. The fraction of sp³-hybridized carbons (Fsp3) is 0.333. The van der Waals surface area contributed by atoms with E-state index in [0.717, 1.165) is 21.6 Å². The Labute approximate surface area is 85.4 Å². The van der Waals surface area contributed by atoms with Gasteiger partial charge in [-0.3, -0.25) is 0 Å². The highest BCUT2D eigenvalue weighted by atomic mass is 79.9. The molecular formula is C9H11BrN2O. The van der Waals surface area contributed by atoms with Crippen molar-refractivity contribution >= 4 is 27.3 Å². The van der Waals surface area contributed by atoms with Crippen LogP contribution in [0.2, 0.25) is 0 Å². The lowest BCUT2D eigenvalue weighted by molar-refractivity contribution is 0.290. The molecule has 0 aliphatic carbocycles. The fourth-order valence-electron chi connectivity index (χ4n) is 1.38. The van der Waals surface area contributed by atoms with Crippen LogP contribution in [0.25, 0.3) is 0 Å². The zero-order valence-electron chi connectivity index (χ0n) is 7.30. The normalized spacial score (nSPS) is 20.0. The topological polar surface area (TPSA) is 47.3 Å². The van der Waals surface area contributed by atoms with E-state index in [9.17, 15) is 0 Å². The molecule has 0 aromatic heterocycles. The molecule has 4 heteroatoms. The van der Waals surface area contributed by atoms with Crippen LogP contribution in [0.3, 0.4) is 0 Å². The lowest BCUT2D eigenvalue weighted by Crippen LogP contribution is -2.28. The maximum absolute atomic E-state index is 5.70. The number of anilines is 2. The molecule has 1 aromatic carbocycles. The van der Waals surface area contributed by atoms with Crippen LogP contribution < -0.4 is 15.8 Å². The summed E-state index contributed by atoms with van der Waals surface area (Å²) in [5, 5.41) is 3.31. The van der Waals surface area contributed by atoms with Crippen LogP contribution >= 0.6 is 15.9 Å². The molecule has 0 bridgehead atoms. The van der Waals surface area contributed by atoms with E-state index >= 15 is 0 Å². The molecular weight excluding hydrogens is 232 g/mol. The molecule has 0 spiro atoms. The monoisotopic (exact) mass is 242 g/mol. The van der Waals surface area contributed by atoms with Crippen LogP contribution in [0, 0.1) is 0 Å². The second-order valence-electron chi connectivity index (χ2n) is 3.24. The Balaban J connectivity index is 2.47. The molecule has 1 aliphatic heterocycles. The van der Waals surface area contributed by atoms with E-state index in [4.69, 9.17) is 10.5 Å². The van der Waals surface area contributed by atoms with Crippen molar-refractivity contribution in [1.82, 2.24) is 0 Å². The number of halogens is 1. The lowest BCUT2D eigenvalue weighted by atomic mass is 10.2. The van der Waals surface area contributed by atoms with Gasteiger partial charge >= 0.3 is 0 Å². The molecule has 0 saturated carbocycles. The summed E-state index contributed by atoms with van der Waals surface area (Å²) in [7, 11) is 0. The molecule has 3 nitrogen and oxygen atoms in total. The van der Waals surface area contributed by atoms with Crippen LogP contribution in [-0.2, 0) is 0 Å². The summed E-state index contributed by atoms with van der Waals surface area (Å²) < 4.78 is 6.46. The van der Waals surface area contributed by atoms with Gasteiger partial charge in [0.1, 0.15) is 6.61 Å². The predicted octanol–water partition coefficient (Wildman–Crippen LogP) is 2.22. The SMILES string of the molecule is CC1COc2c(Br)cc(N)cc2N1. The van der Waals surface area contributed by atoms with Gasteiger partial charge in [0.15, 0.2) is 5.75 Å². The van der Waals surface area contributed by atoms with Gasteiger partial charge < -0.3 is 15.8 Å². The first-order chi connectivity index (χ1) is 6.16. The molecule has 1 heterocycles. The number of hydrogen-bond donors (Lipinski definition) is 2. The van der Waals surface area contributed by atoms with Crippen LogP contribution in [0.5, 0.6) is 5.75 Å². The molecule has 70 valence electrons. The number of fused-ring (bicyclic) bond motifs is 1. The third kappa shape index (κ3) is 1.58. The van der Waals surface area contributed by atoms with E-state index in [-0.39, 0.29) is 0 Å². The summed E-state index contributed by atoms with van der Waals surface area (Å²) in [6, 6.07) is 4.06. The van der Waals surface area contributed by atoms with Crippen molar-refractivity contribution in [3.63, 3.8) is 0 Å². The van der Waals surface area contributed by atoms with Gasteiger partial charge in [-0.25, -0.2) is 0 Å². The maximum atomic E-state index is 5.70. The van der Waals surface area contributed by atoms with Crippen molar-refractivity contribution < 1.29 is 4.74 Å². The van der Waals surface area contributed by atoms with Crippen molar-refractivity contribution in [3.8, 4) is 5.75 Å². The molecule has 0 saturated heterocycles. The van der Waals surface area contributed by atoms with Gasteiger partial charge in [-0.1, -0.05) is 0 Å². The zero-order valence-corrected chi connectivity index (χ0v) is 8.89. The van der Waals surface area contributed by atoms with Crippen LogP contribution in [0.15, 0.2) is 16.6 Å². The van der Waals surface area contributed by atoms with Gasteiger partial charge in [0, 0.05) is 5.69 Å². The molecule has 13 heavy (non-hydrogen) atoms. The number of nitrogens with two attached hydrogens (primary N) is 1. The van der Waals surface area contributed by atoms with E-state index in [0.29, 0.717) is 12.6 Å². The van der Waals surface area contributed by atoms with Gasteiger partial charge in [-0.05, 0) is 35.0 Å². The van der Waals surface area contributed by atoms with Crippen molar-refractivity contribution in [2.45, 2.75) is 13.0 Å². The summed E-state index contributed by atoms with van der Waals surface area (Å²) in [4.78, 5) is 0. The molecule has 0 amide bonds. The standard InChI is InChI=1S/C9H11BrN2O/c1-5-4-13-9-7(10)2-6(11)3-8(9)12-5/h2-3,5,12H,4,11H2,1H3. The molecule has 1 unspecified atom stereocenters. The molecule has 1 aliphatic rings. The summed E-state index contributed by atoms with van der Waals surface area (Å²) in [5.41, 5.74) is 7.40. The van der Waals surface area contributed by atoms with Gasteiger partial charge in [0.05, 0.1) is 16.2 Å². The number of ether oxygens (including phenoxy) is 1. The first kappa shape index (κ1) is 8.69. The van der Waals surface area contributed by atoms with Gasteiger partial charge in [0.25, 0.3) is 0 Å². The van der Waals surface area contributed by atoms with Gasteiger partial charge in [0.2, 0.25) is 0 Å². The predicted molar refractivity (Wildman–Crippen MR) is 57.1 cm³/mol. The minimum atomic E-state index is 0.334. The second kappa shape index (κ2) is 3.10. The van der Waals surface area contributed by atoms with E-state index in [1.54, 1.807) is 0 Å². The Hall–Kier alpha value is -0.900. The molecule has 2 rings (SSSR count). The minimum Gasteiger partial charge on any atom is -0.488 e.